The van der Waals surface area contributed by atoms with E-state index < -0.39 is 18.3 Å². The fraction of sp³-hybridized carbons (Fsp3) is 0.200. The molecule has 1 saturated heterocycles. The van der Waals surface area contributed by atoms with E-state index in [1.54, 1.807) is 0 Å². The number of hydrogen-bond donors (Lipinski definition) is 0. The van der Waals surface area contributed by atoms with Crippen molar-refractivity contribution >= 4 is 34.4 Å². The second-order valence-electron chi connectivity index (χ2n) is 10.1. The minimum absolute atomic E-state index is 0.393. The zero-order valence-corrected chi connectivity index (χ0v) is 20.1. The van der Waals surface area contributed by atoms with E-state index in [-0.39, 0.29) is 0 Å². The SMILES string of the molecule is CC1(C)OB(c2ccccc2-n2c3ccccc3c3cc(-c4ccccc4)ccc32)OC1(C)C. The van der Waals surface area contributed by atoms with Crippen molar-refractivity contribution in [2.24, 2.45) is 0 Å². The van der Waals surface area contributed by atoms with Gasteiger partial charge in [0.05, 0.1) is 22.2 Å². The average Bonchev–Trinajstić information content (AvgIpc) is 3.28. The van der Waals surface area contributed by atoms with Crippen molar-refractivity contribution < 1.29 is 9.31 Å². The van der Waals surface area contributed by atoms with Crippen LogP contribution in [0.5, 0.6) is 0 Å². The molecule has 4 aromatic carbocycles. The monoisotopic (exact) mass is 445 g/mol. The Morgan fingerprint density at radius 1 is 0.588 bits per heavy atom. The minimum atomic E-state index is -0.430. The van der Waals surface area contributed by atoms with Gasteiger partial charge < -0.3 is 13.9 Å². The Morgan fingerprint density at radius 2 is 1.21 bits per heavy atom. The predicted octanol–water partition coefficient (Wildman–Crippen LogP) is 6.75. The van der Waals surface area contributed by atoms with Crippen LogP contribution in [-0.2, 0) is 9.31 Å². The summed E-state index contributed by atoms with van der Waals surface area (Å²) in [4.78, 5) is 0. The second-order valence-corrected chi connectivity index (χ2v) is 10.1. The van der Waals surface area contributed by atoms with Crippen LogP contribution in [0.15, 0.2) is 97.1 Å². The molecule has 168 valence electrons. The molecule has 1 fully saturated rings. The average molecular weight is 445 g/mol. The lowest BCUT2D eigenvalue weighted by Crippen LogP contribution is -2.41. The third-order valence-electron chi connectivity index (χ3n) is 7.46. The van der Waals surface area contributed by atoms with Crippen LogP contribution in [0, 0.1) is 0 Å². The van der Waals surface area contributed by atoms with Crippen molar-refractivity contribution in [1.82, 2.24) is 4.57 Å². The third kappa shape index (κ3) is 3.21. The first-order valence-electron chi connectivity index (χ1n) is 11.9. The Hall–Kier alpha value is -3.34. The van der Waals surface area contributed by atoms with E-state index in [4.69, 9.17) is 9.31 Å². The fourth-order valence-electron chi connectivity index (χ4n) is 4.90. The van der Waals surface area contributed by atoms with Gasteiger partial charge >= 0.3 is 7.12 Å². The molecule has 0 saturated carbocycles. The number of fused-ring (bicyclic) bond motifs is 3. The molecule has 34 heavy (non-hydrogen) atoms. The number of aromatic nitrogens is 1. The Kier molecular flexibility index (Phi) is 4.74. The van der Waals surface area contributed by atoms with Crippen LogP contribution in [0.4, 0.5) is 0 Å². The molecule has 0 spiro atoms. The van der Waals surface area contributed by atoms with Crippen molar-refractivity contribution in [2.75, 3.05) is 0 Å². The van der Waals surface area contributed by atoms with E-state index in [1.807, 2.05) is 0 Å². The summed E-state index contributed by atoms with van der Waals surface area (Å²) < 4.78 is 15.3. The normalized spacial score (nSPS) is 17.0. The van der Waals surface area contributed by atoms with Gasteiger partial charge in [0.25, 0.3) is 0 Å². The van der Waals surface area contributed by atoms with Crippen LogP contribution in [-0.4, -0.2) is 22.9 Å². The second kappa shape index (κ2) is 7.59. The third-order valence-corrected chi connectivity index (χ3v) is 7.46. The number of hydrogen-bond acceptors (Lipinski definition) is 2. The van der Waals surface area contributed by atoms with Crippen LogP contribution >= 0.6 is 0 Å². The van der Waals surface area contributed by atoms with Gasteiger partial charge in [-0.25, -0.2) is 0 Å². The number of rotatable bonds is 3. The summed E-state index contributed by atoms with van der Waals surface area (Å²) in [5, 5.41) is 2.47. The van der Waals surface area contributed by atoms with Gasteiger partial charge in [0.2, 0.25) is 0 Å². The van der Waals surface area contributed by atoms with E-state index >= 15 is 0 Å². The van der Waals surface area contributed by atoms with Crippen LogP contribution in [0.3, 0.4) is 0 Å². The first-order chi connectivity index (χ1) is 16.4. The molecule has 0 N–H and O–H groups in total. The van der Waals surface area contributed by atoms with E-state index in [1.165, 1.54) is 32.9 Å². The maximum atomic E-state index is 6.45. The Morgan fingerprint density at radius 3 is 1.97 bits per heavy atom. The molecule has 0 bridgehead atoms. The summed E-state index contributed by atoms with van der Waals surface area (Å²) >= 11 is 0. The molecule has 6 rings (SSSR count). The largest absolute Gasteiger partial charge is 0.496 e. The quantitative estimate of drug-likeness (QED) is 0.287. The first kappa shape index (κ1) is 21.2. The lowest BCUT2D eigenvalue weighted by molar-refractivity contribution is 0.00578. The van der Waals surface area contributed by atoms with E-state index in [9.17, 15) is 0 Å². The molecule has 0 amide bonds. The summed E-state index contributed by atoms with van der Waals surface area (Å²) in [7, 11) is -0.430. The molecular formula is C30H28BNO2. The highest BCUT2D eigenvalue weighted by Crippen LogP contribution is 2.38. The van der Waals surface area contributed by atoms with Crippen molar-refractivity contribution in [3.63, 3.8) is 0 Å². The van der Waals surface area contributed by atoms with Gasteiger partial charge in [0.1, 0.15) is 0 Å². The summed E-state index contributed by atoms with van der Waals surface area (Å²) in [5.74, 6) is 0. The smallest absolute Gasteiger partial charge is 0.399 e. The highest BCUT2D eigenvalue weighted by Gasteiger charge is 2.52. The summed E-state index contributed by atoms with van der Waals surface area (Å²) in [6.07, 6.45) is 0. The maximum Gasteiger partial charge on any atom is 0.496 e. The summed E-state index contributed by atoms with van der Waals surface area (Å²) in [5.41, 5.74) is 6.12. The fourth-order valence-corrected chi connectivity index (χ4v) is 4.90. The van der Waals surface area contributed by atoms with Crippen LogP contribution in [0.1, 0.15) is 27.7 Å². The zero-order valence-electron chi connectivity index (χ0n) is 20.1. The van der Waals surface area contributed by atoms with Crippen molar-refractivity contribution in [1.29, 1.82) is 0 Å². The molecule has 1 aliphatic heterocycles. The standard InChI is InChI=1S/C30H28BNO2/c1-29(2)30(3,4)34-31(33-29)25-15-9-11-17-28(25)32-26-16-10-8-14-23(26)24-20-22(18-19-27(24)32)21-12-6-5-7-13-21/h5-20H,1-4H3. The first-order valence-corrected chi connectivity index (χ1v) is 11.9. The van der Waals surface area contributed by atoms with Crippen LogP contribution in [0.2, 0.25) is 0 Å². The molecule has 0 aliphatic carbocycles. The molecule has 4 heteroatoms. The predicted molar refractivity (Wildman–Crippen MR) is 142 cm³/mol. The molecule has 5 aromatic rings. The van der Waals surface area contributed by atoms with E-state index in [2.05, 4.69) is 129 Å². The van der Waals surface area contributed by atoms with Crippen LogP contribution < -0.4 is 5.46 Å². The van der Waals surface area contributed by atoms with Gasteiger partial charge in [-0.2, -0.15) is 0 Å². The Bertz CT molecular complexity index is 1500. The molecule has 0 radical (unpaired) electrons. The van der Waals surface area contributed by atoms with Crippen molar-refractivity contribution in [3.8, 4) is 16.8 Å². The molecule has 2 heterocycles. The van der Waals surface area contributed by atoms with Gasteiger partial charge in [-0.1, -0.05) is 72.8 Å². The molecule has 1 aliphatic rings. The van der Waals surface area contributed by atoms with Gasteiger partial charge in [-0.3, -0.25) is 0 Å². The lowest BCUT2D eigenvalue weighted by Gasteiger charge is -2.32. The Balaban J connectivity index is 1.58. The van der Waals surface area contributed by atoms with E-state index in [0.29, 0.717) is 0 Å². The van der Waals surface area contributed by atoms with Crippen molar-refractivity contribution in [3.05, 3.63) is 97.1 Å². The maximum absolute atomic E-state index is 6.45. The van der Waals surface area contributed by atoms with E-state index in [0.717, 1.165) is 11.2 Å². The number of nitrogens with zero attached hydrogens (tertiary/aromatic N) is 1. The van der Waals surface area contributed by atoms with Crippen LogP contribution in [0.25, 0.3) is 38.6 Å². The highest BCUT2D eigenvalue weighted by molar-refractivity contribution is 6.63. The lowest BCUT2D eigenvalue weighted by atomic mass is 9.77. The molecule has 1 aromatic heterocycles. The zero-order chi connectivity index (χ0) is 23.5. The molecular weight excluding hydrogens is 417 g/mol. The molecule has 0 unspecified atom stereocenters. The summed E-state index contributed by atoms with van der Waals surface area (Å²) in [6, 6.07) is 34.4. The molecule has 0 atom stereocenters. The number of benzene rings is 4. The van der Waals surface area contributed by atoms with Gasteiger partial charge in [-0.15, -0.1) is 0 Å². The number of para-hydroxylation sites is 2. The Labute approximate surface area is 201 Å². The molecule has 3 nitrogen and oxygen atoms in total. The topological polar surface area (TPSA) is 23.4 Å². The van der Waals surface area contributed by atoms with Gasteiger partial charge in [0, 0.05) is 21.9 Å². The highest BCUT2D eigenvalue weighted by atomic mass is 16.7. The minimum Gasteiger partial charge on any atom is -0.399 e. The summed E-state index contributed by atoms with van der Waals surface area (Å²) in [6.45, 7) is 8.39. The van der Waals surface area contributed by atoms with Crippen molar-refractivity contribution in [2.45, 2.75) is 38.9 Å². The van der Waals surface area contributed by atoms with Gasteiger partial charge in [-0.05, 0) is 63.1 Å². The van der Waals surface area contributed by atoms with Gasteiger partial charge in [0.15, 0.2) is 0 Å².